The molecule has 1 aliphatic heterocycles. The third kappa shape index (κ3) is 6.18. The molecule has 14 heteroatoms. The van der Waals surface area contributed by atoms with Crippen LogP contribution in [0.1, 0.15) is 48.3 Å². The molecule has 1 aliphatic rings. The average molecular weight is 631 g/mol. The summed E-state index contributed by atoms with van der Waals surface area (Å²) in [5.41, 5.74) is -4.31. The fraction of sp³-hybridized carbons (Fsp3) is 0.400. The van der Waals surface area contributed by atoms with E-state index in [9.17, 15) is 40.6 Å². The molecule has 0 radical (unpaired) electrons. The zero-order chi connectivity index (χ0) is 32.7. The van der Waals surface area contributed by atoms with E-state index in [1.54, 1.807) is 0 Å². The van der Waals surface area contributed by atoms with Gasteiger partial charge in [0, 0.05) is 23.1 Å². The summed E-state index contributed by atoms with van der Waals surface area (Å²) < 4.78 is 115. The van der Waals surface area contributed by atoms with E-state index in [4.69, 9.17) is 19.9 Å². The van der Waals surface area contributed by atoms with Crippen molar-refractivity contribution >= 4 is 5.78 Å². The van der Waals surface area contributed by atoms with Crippen LogP contribution in [0.5, 0.6) is 17.2 Å². The molecule has 0 amide bonds. The molecule has 0 unspecified atom stereocenters. The van der Waals surface area contributed by atoms with Gasteiger partial charge in [0.1, 0.15) is 18.1 Å². The highest BCUT2D eigenvalue weighted by Gasteiger charge is 2.61. The van der Waals surface area contributed by atoms with Gasteiger partial charge in [0.25, 0.3) is 0 Å². The van der Waals surface area contributed by atoms with Crippen LogP contribution in [-0.4, -0.2) is 48.5 Å². The van der Waals surface area contributed by atoms with Crippen molar-refractivity contribution in [3.63, 3.8) is 0 Å². The highest BCUT2D eigenvalue weighted by Crippen LogP contribution is 2.51. The van der Waals surface area contributed by atoms with Gasteiger partial charge in [-0.25, -0.2) is 9.37 Å². The number of Topliss-reactive ketones (excluding diaryl/α,β-unsaturated/α-hetero) is 1. The monoisotopic (exact) mass is 630 g/mol. The van der Waals surface area contributed by atoms with Gasteiger partial charge in [-0.2, -0.15) is 26.3 Å². The maximum absolute atomic E-state index is 14.6. The number of nitrogens with zero attached hydrogens (tertiary/aromatic N) is 1. The number of pyridine rings is 1. The van der Waals surface area contributed by atoms with Crippen LogP contribution in [0, 0.1) is 11.7 Å². The number of ether oxygens (including phenoxy) is 3. The van der Waals surface area contributed by atoms with E-state index in [0.29, 0.717) is 18.4 Å². The van der Waals surface area contributed by atoms with Crippen molar-refractivity contribution in [2.75, 3.05) is 20.3 Å². The van der Waals surface area contributed by atoms with E-state index < -0.39 is 77.2 Å². The molecule has 2 aromatic carbocycles. The molecule has 0 aliphatic carbocycles. The van der Waals surface area contributed by atoms with Crippen molar-refractivity contribution in [1.29, 1.82) is 0 Å². The minimum Gasteiger partial charge on any atom is -0.493 e. The fourth-order valence-corrected chi connectivity index (χ4v) is 4.59. The van der Waals surface area contributed by atoms with Gasteiger partial charge in [0.2, 0.25) is 5.60 Å². The summed E-state index contributed by atoms with van der Waals surface area (Å²) in [5, 5.41) is 11.1. The van der Waals surface area contributed by atoms with Crippen molar-refractivity contribution in [3.05, 3.63) is 71.2 Å². The topological polar surface area (TPSA) is 104 Å². The lowest BCUT2D eigenvalue weighted by Crippen LogP contribution is -2.52. The zero-order valence-electron chi connectivity index (χ0n) is 23.8. The Labute approximate surface area is 247 Å². The highest BCUT2D eigenvalue weighted by atomic mass is 19.4. The Morgan fingerprint density at radius 2 is 1.73 bits per heavy atom. The average Bonchev–Trinajstić information content (AvgIpc) is 3.31. The fourth-order valence-electron chi connectivity index (χ4n) is 4.59. The maximum atomic E-state index is 14.6. The Morgan fingerprint density at radius 1 is 1.07 bits per heavy atom. The Kier molecular flexibility index (Phi) is 8.91. The normalized spacial score (nSPS) is 18.0. The Bertz CT molecular complexity index is 1530. The van der Waals surface area contributed by atoms with Crippen molar-refractivity contribution < 1.29 is 54.8 Å². The lowest BCUT2D eigenvalue weighted by Gasteiger charge is -2.32. The van der Waals surface area contributed by atoms with Gasteiger partial charge in [-0.05, 0) is 60.9 Å². The number of ketones is 1. The van der Waals surface area contributed by atoms with Crippen LogP contribution < -0.4 is 19.9 Å². The van der Waals surface area contributed by atoms with Gasteiger partial charge in [-0.3, -0.25) is 4.79 Å². The number of hydrogen-bond acceptors (Lipinski definition) is 7. The summed E-state index contributed by atoms with van der Waals surface area (Å²) in [5.74, 6) is -1.49. The number of carbonyl (C=O) groups is 1. The minimum atomic E-state index is -5.50. The third-order valence-electron chi connectivity index (χ3n) is 7.19. The van der Waals surface area contributed by atoms with Crippen LogP contribution in [-0.2, 0) is 11.1 Å². The predicted octanol–water partition coefficient (Wildman–Crippen LogP) is 6.45. The van der Waals surface area contributed by atoms with Crippen LogP contribution in [0.3, 0.4) is 0 Å². The molecule has 1 aromatic heterocycles. The number of fused-ring (bicyclic) bond motifs is 1. The summed E-state index contributed by atoms with van der Waals surface area (Å²) in [6.45, 7) is 2.98. The number of benzene rings is 2. The smallest absolute Gasteiger partial charge is 0.422 e. The number of halogens is 7. The number of hydrogen-bond donors (Lipinski definition) is 2. The number of aromatic nitrogens is 1. The van der Waals surface area contributed by atoms with Crippen molar-refractivity contribution in [1.82, 2.24) is 4.98 Å². The van der Waals surface area contributed by atoms with Gasteiger partial charge in [0.05, 0.1) is 19.4 Å². The Balaban J connectivity index is 1.76. The molecule has 3 N–H and O–H groups in total. The Morgan fingerprint density at radius 3 is 2.30 bits per heavy atom. The van der Waals surface area contributed by atoms with Crippen LogP contribution in [0.25, 0.3) is 11.3 Å². The van der Waals surface area contributed by atoms with E-state index in [0.717, 1.165) is 24.3 Å². The van der Waals surface area contributed by atoms with E-state index in [1.165, 1.54) is 25.3 Å². The number of methoxy groups -OCH3 is 1. The second-order valence-corrected chi connectivity index (χ2v) is 10.8. The van der Waals surface area contributed by atoms with Crippen molar-refractivity contribution in [3.8, 4) is 28.5 Å². The predicted molar refractivity (Wildman–Crippen MR) is 144 cm³/mol. The first-order valence-corrected chi connectivity index (χ1v) is 13.3. The van der Waals surface area contributed by atoms with Gasteiger partial charge in [-0.15, -0.1) is 0 Å². The van der Waals surface area contributed by atoms with Crippen LogP contribution in [0.2, 0.25) is 0 Å². The van der Waals surface area contributed by atoms with E-state index in [1.807, 2.05) is 13.8 Å². The van der Waals surface area contributed by atoms with Gasteiger partial charge < -0.3 is 25.1 Å². The first kappa shape index (κ1) is 33.0. The number of aliphatic hydroxyl groups is 1. The largest absolute Gasteiger partial charge is 0.493 e. The maximum Gasteiger partial charge on any atom is 0.422 e. The van der Waals surface area contributed by atoms with Crippen molar-refractivity contribution in [2.45, 2.75) is 50.2 Å². The first-order chi connectivity index (χ1) is 20.4. The molecule has 0 fully saturated rings. The van der Waals surface area contributed by atoms with Crippen LogP contribution >= 0.6 is 0 Å². The molecular formula is C30H29F7N2O5. The molecule has 3 aromatic rings. The third-order valence-corrected chi connectivity index (χ3v) is 7.19. The number of alkyl halides is 6. The van der Waals surface area contributed by atoms with Crippen LogP contribution in [0.15, 0.2) is 48.5 Å². The van der Waals surface area contributed by atoms with Gasteiger partial charge in [-0.1, -0.05) is 13.8 Å². The summed E-state index contributed by atoms with van der Waals surface area (Å²) in [4.78, 5) is 16.9. The molecule has 0 saturated carbocycles. The lowest BCUT2D eigenvalue weighted by molar-refractivity contribution is -0.270. The molecule has 0 bridgehead atoms. The molecule has 2 heterocycles. The molecule has 44 heavy (non-hydrogen) atoms. The minimum absolute atomic E-state index is 0.0522. The van der Waals surface area contributed by atoms with E-state index in [2.05, 4.69) is 4.98 Å². The highest BCUT2D eigenvalue weighted by molar-refractivity contribution is 5.96. The molecule has 7 nitrogen and oxygen atoms in total. The first-order valence-electron chi connectivity index (χ1n) is 13.3. The number of nitrogens with two attached hydrogens (primary N) is 1. The standard InChI is InChI=1S/C30H29F7N2O5/c1-16(2)14-43-22-9-6-18(12-23(22)42-3)21(40)10-11-28(41,30(35,36)37)24-13-20-26(44-15-27(20,38)29(32,33)34)25(39-24)17-4-7-19(31)8-5-17/h4-9,12-13,16,41H,10-11,14-15,38H2,1-3H3/t27-,28-/m0/s1. The van der Waals surface area contributed by atoms with Gasteiger partial charge >= 0.3 is 12.4 Å². The second-order valence-electron chi connectivity index (χ2n) is 10.8. The molecule has 4 rings (SSSR count). The van der Waals surface area contributed by atoms with Crippen LogP contribution in [0.4, 0.5) is 30.7 Å². The van der Waals surface area contributed by atoms with Crippen molar-refractivity contribution in [2.24, 2.45) is 11.7 Å². The summed E-state index contributed by atoms with van der Waals surface area (Å²) >= 11 is 0. The summed E-state index contributed by atoms with van der Waals surface area (Å²) in [6.07, 6.45) is -12.9. The molecule has 0 saturated heterocycles. The zero-order valence-corrected chi connectivity index (χ0v) is 23.8. The Hall–Kier alpha value is -3.91. The lowest BCUT2D eigenvalue weighted by atomic mass is 9.85. The molecule has 238 valence electrons. The summed E-state index contributed by atoms with van der Waals surface area (Å²) in [6, 6.07) is 8.40. The quantitative estimate of drug-likeness (QED) is 0.196. The van der Waals surface area contributed by atoms with Gasteiger partial charge in [0.15, 0.2) is 28.6 Å². The van der Waals surface area contributed by atoms with E-state index in [-0.39, 0.29) is 22.8 Å². The number of rotatable bonds is 10. The number of carbonyl (C=O) groups excluding carboxylic acids is 1. The summed E-state index contributed by atoms with van der Waals surface area (Å²) in [7, 11) is 1.31. The SMILES string of the molecule is COc1cc(C(=O)CC[C@](O)(c2cc3c(c(-c4ccc(F)cc4)n2)OC[C@@]3(N)C(F)(F)F)C(F)(F)F)ccc1OCC(C)C. The molecular weight excluding hydrogens is 601 g/mol. The van der Waals surface area contributed by atoms with E-state index >= 15 is 0 Å². The molecule has 2 atom stereocenters. The second kappa shape index (κ2) is 11.9. The molecule has 0 spiro atoms.